The van der Waals surface area contributed by atoms with Crippen molar-refractivity contribution in [3.63, 3.8) is 0 Å². The molecule has 310 valence electrons. The van der Waals surface area contributed by atoms with Gasteiger partial charge in [0, 0.05) is 50.6 Å². The molecule has 11 aromatic carbocycles. The molecule has 0 radical (unpaired) electrons. The summed E-state index contributed by atoms with van der Waals surface area (Å²) in [5, 5.41) is 4.91. The third-order valence-electron chi connectivity index (χ3n) is 13.7. The number of anilines is 6. The van der Waals surface area contributed by atoms with Gasteiger partial charge in [-0.1, -0.05) is 176 Å². The summed E-state index contributed by atoms with van der Waals surface area (Å²) in [5.74, 6) is 0. The van der Waals surface area contributed by atoms with Gasteiger partial charge in [-0.2, -0.15) is 0 Å². The van der Waals surface area contributed by atoms with Crippen LogP contribution in [0.1, 0.15) is 22.3 Å². The standard InChI is InChI=1S/C63H43N3/c1-7-21-46(22-8-1)63(47-23-9-2-10-24-47)57-34-20-19-33-55(57)56-38-37-52(41-58(56)63)66-59-42-53(64(48-25-11-3-12-26-48)49-27-13-4-14-28-49)39-44-35-36-45-40-54(43-60(66)62(45)61(44)59)65(50-29-15-5-16-30-50)51-31-17-6-18-32-51/h1-43H. The highest BCUT2D eigenvalue weighted by molar-refractivity contribution is 6.26. The van der Waals surface area contributed by atoms with E-state index in [4.69, 9.17) is 0 Å². The first-order valence-corrected chi connectivity index (χ1v) is 22.8. The number of fused-ring (bicyclic) bond motifs is 3. The zero-order valence-corrected chi connectivity index (χ0v) is 36.2. The van der Waals surface area contributed by atoms with E-state index in [0.29, 0.717) is 0 Å². The Hall–Kier alpha value is -8.66. The molecule has 0 spiro atoms. The molecule has 1 aliphatic carbocycles. The van der Waals surface area contributed by atoms with Gasteiger partial charge in [0.05, 0.1) is 16.4 Å². The highest BCUT2D eigenvalue weighted by Crippen LogP contribution is 2.57. The molecule has 0 saturated carbocycles. The number of hydrogen-bond donors (Lipinski definition) is 0. The maximum atomic E-state index is 2.55. The summed E-state index contributed by atoms with van der Waals surface area (Å²) >= 11 is 0. The zero-order chi connectivity index (χ0) is 43.6. The van der Waals surface area contributed by atoms with Crippen LogP contribution in [0.25, 0.3) is 49.4 Å². The fourth-order valence-corrected chi connectivity index (χ4v) is 11.0. The lowest BCUT2D eigenvalue weighted by Crippen LogP contribution is -2.28. The summed E-state index contributed by atoms with van der Waals surface area (Å²) in [6, 6.07) is 95.6. The maximum absolute atomic E-state index is 2.55. The molecule has 0 N–H and O–H groups in total. The average molecular weight is 842 g/mol. The highest BCUT2D eigenvalue weighted by Gasteiger charge is 2.46. The van der Waals surface area contributed by atoms with Gasteiger partial charge in [0.25, 0.3) is 0 Å². The van der Waals surface area contributed by atoms with Crippen molar-refractivity contribution in [3.8, 4) is 16.8 Å². The van der Waals surface area contributed by atoms with Gasteiger partial charge in [-0.25, -0.2) is 0 Å². The Balaban J connectivity index is 1.14. The number of hydrogen-bond acceptors (Lipinski definition) is 2. The minimum absolute atomic E-state index is 0.541. The van der Waals surface area contributed by atoms with Crippen LogP contribution in [0.5, 0.6) is 0 Å². The summed E-state index contributed by atoms with van der Waals surface area (Å²) in [5.41, 5.74) is 17.1. The van der Waals surface area contributed by atoms with Gasteiger partial charge in [-0.05, 0) is 129 Å². The number of nitrogens with zero attached hydrogens (tertiary/aromatic N) is 3. The molecule has 0 unspecified atom stereocenters. The fourth-order valence-electron chi connectivity index (χ4n) is 11.0. The van der Waals surface area contributed by atoms with Crippen LogP contribution in [0.2, 0.25) is 0 Å². The number of para-hydroxylation sites is 4. The van der Waals surface area contributed by atoms with E-state index in [-0.39, 0.29) is 0 Å². The van der Waals surface area contributed by atoms with E-state index in [1.165, 1.54) is 54.9 Å². The molecule has 1 aromatic heterocycles. The first kappa shape index (κ1) is 37.9. The van der Waals surface area contributed by atoms with Gasteiger partial charge in [0.15, 0.2) is 0 Å². The Morgan fingerprint density at radius 3 is 1.11 bits per heavy atom. The lowest BCUT2D eigenvalue weighted by atomic mass is 9.67. The normalized spacial score (nSPS) is 12.7. The van der Waals surface area contributed by atoms with Crippen molar-refractivity contribution in [2.45, 2.75) is 5.41 Å². The number of aromatic nitrogens is 1. The molecule has 66 heavy (non-hydrogen) atoms. The van der Waals surface area contributed by atoms with E-state index in [0.717, 1.165) is 50.8 Å². The summed E-state index contributed by atoms with van der Waals surface area (Å²) in [6.45, 7) is 0. The Morgan fingerprint density at radius 1 is 0.288 bits per heavy atom. The van der Waals surface area contributed by atoms with E-state index in [9.17, 15) is 0 Å². The molecule has 0 fully saturated rings. The molecule has 12 aromatic rings. The van der Waals surface area contributed by atoms with Crippen molar-refractivity contribution in [2.24, 2.45) is 0 Å². The minimum atomic E-state index is -0.541. The van der Waals surface area contributed by atoms with Crippen LogP contribution in [0.15, 0.2) is 261 Å². The molecule has 3 heteroatoms. The van der Waals surface area contributed by atoms with E-state index in [1.54, 1.807) is 0 Å². The smallest absolute Gasteiger partial charge is 0.0714 e. The van der Waals surface area contributed by atoms with Gasteiger partial charge in [-0.3, -0.25) is 0 Å². The van der Waals surface area contributed by atoms with Gasteiger partial charge in [-0.15, -0.1) is 0 Å². The summed E-state index contributed by atoms with van der Waals surface area (Å²) in [7, 11) is 0. The van der Waals surface area contributed by atoms with Crippen molar-refractivity contribution in [2.75, 3.05) is 9.80 Å². The molecule has 0 bridgehead atoms. The molecule has 13 rings (SSSR count). The third-order valence-corrected chi connectivity index (χ3v) is 13.7. The van der Waals surface area contributed by atoms with Crippen LogP contribution in [-0.4, -0.2) is 4.57 Å². The van der Waals surface area contributed by atoms with Crippen LogP contribution in [-0.2, 0) is 5.41 Å². The average Bonchev–Trinajstić information content (AvgIpc) is 3.88. The largest absolute Gasteiger partial charge is 0.310 e. The molecule has 1 aliphatic rings. The molecular formula is C63H43N3. The van der Waals surface area contributed by atoms with E-state index < -0.39 is 5.41 Å². The number of benzene rings is 11. The Bertz CT molecular complexity index is 3410. The topological polar surface area (TPSA) is 11.4 Å². The lowest BCUT2D eigenvalue weighted by Gasteiger charge is -2.34. The lowest BCUT2D eigenvalue weighted by molar-refractivity contribution is 0.767. The van der Waals surface area contributed by atoms with E-state index in [1.807, 2.05) is 0 Å². The predicted molar refractivity (Wildman–Crippen MR) is 276 cm³/mol. The molecular weight excluding hydrogens is 799 g/mol. The number of rotatable bonds is 9. The zero-order valence-electron chi connectivity index (χ0n) is 36.2. The van der Waals surface area contributed by atoms with Crippen LogP contribution in [0, 0.1) is 0 Å². The fraction of sp³-hybridized carbons (Fsp3) is 0.0159. The van der Waals surface area contributed by atoms with E-state index >= 15 is 0 Å². The molecule has 0 aliphatic heterocycles. The minimum Gasteiger partial charge on any atom is -0.310 e. The Kier molecular flexibility index (Phi) is 8.75. The van der Waals surface area contributed by atoms with Crippen molar-refractivity contribution < 1.29 is 0 Å². The van der Waals surface area contributed by atoms with Crippen LogP contribution < -0.4 is 9.80 Å². The van der Waals surface area contributed by atoms with Crippen molar-refractivity contribution in [3.05, 3.63) is 283 Å². The van der Waals surface area contributed by atoms with Crippen molar-refractivity contribution in [1.29, 1.82) is 0 Å². The molecule has 0 atom stereocenters. The Morgan fingerprint density at radius 2 is 0.667 bits per heavy atom. The SMILES string of the molecule is c1ccc(N(c2ccccc2)c2cc3ccc4cc(N(c5ccccc5)c5ccccc5)cc5c4c3c(c2)n5-c2ccc3c(c2)C(c2ccccc2)(c2ccccc2)c2ccccc2-3)cc1. The second-order valence-electron chi connectivity index (χ2n) is 17.3. The second kappa shape index (κ2) is 15.3. The van der Waals surface area contributed by atoms with Crippen molar-refractivity contribution in [1.82, 2.24) is 4.57 Å². The summed E-state index contributed by atoms with van der Waals surface area (Å²) in [6.07, 6.45) is 0. The quantitative estimate of drug-likeness (QED) is 0.134. The third kappa shape index (κ3) is 5.77. The van der Waals surface area contributed by atoms with Crippen LogP contribution in [0.3, 0.4) is 0 Å². The van der Waals surface area contributed by atoms with Gasteiger partial charge >= 0.3 is 0 Å². The monoisotopic (exact) mass is 841 g/mol. The summed E-state index contributed by atoms with van der Waals surface area (Å²) in [4.78, 5) is 4.77. The Labute approximate surface area is 384 Å². The van der Waals surface area contributed by atoms with Crippen LogP contribution >= 0.6 is 0 Å². The van der Waals surface area contributed by atoms with Gasteiger partial charge < -0.3 is 14.4 Å². The highest BCUT2D eigenvalue weighted by atomic mass is 15.2. The first-order chi connectivity index (χ1) is 32.8. The second-order valence-corrected chi connectivity index (χ2v) is 17.3. The van der Waals surface area contributed by atoms with Crippen LogP contribution in [0.4, 0.5) is 34.1 Å². The summed E-state index contributed by atoms with van der Waals surface area (Å²) < 4.78 is 2.55. The molecule has 1 heterocycles. The van der Waals surface area contributed by atoms with Gasteiger partial charge in [0.1, 0.15) is 0 Å². The predicted octanol–water partition coefficient (Wildman–Crippen LogP) is 16.7. The van der Waals surface area contributed by atoms with E-state index in [2.05, 4.69) is 275 Å². The molecule has 0 saturated heterocycles. The first-order valence-electron chi connectivity index (χ1n) is 22.8. The van der Waals surface area contributed by atoms with Crippen molar-refractivity contribution >= 4 is 66.7 Å². The van der Waals surface area contributed by atoms with Gasteiger partial charge in [0.2, 0.25) is 0 Å². The molecule has 3 nitrogen and oxygen atoms in total. The maximum Gasteiger partial charge on any atom is 0.0714 e. The molecule has 0 amide bonds.